The van der Waals surface area contributed by atoms with E-state index in [0.29, 0.717) is 12.2 Å². The number of carbonyl (C=O) groups is 1. The molecule has 0 radical (unpaired) electrons. The third kappa shape index (κ3) is 2.04. The lowest BCUT2D eigenvalue weighted by molar-refractivity contribution is 0.0946. The van der Waals surface area contributed by atoms with Gasteiger partial charge in [-0.1, -0.05) is 0 Å². The Hall–Kier alpha value is -2.11. The molecule has 1 amide bonds. The zero-order valence-electron chi connectivity index (χ0n) is 8.24. The Morgan fingerprint density at radius 2 is 2.33 bits per heavy atom. The minimum Gasteiger partial charge on any atom is -0.347 e. The summed E-state index contributed by atoms with van der Waals surface area (Å²) in [5, 5.41) is 15.7. The summed E-state index contributed by atoms with van der Waals surface area (Å²) in [6.45, 7) is 2.37. The van der Waals surface area contributed by atoms with Gasteiger partial charge in [0.2, 0.25) is 0 Å². The minimum absolute atomic E-state index is 0.173. The van der Waals surface area contributed by atoms with Crippen LogP contribution in [0.5, 0.6) is 0 Å². The number of carbonyl (C=O) groups excluding carboxylic acids is 1. The normalized spacial score (nSPS) is 10.2. The standard InChI is InChI=1S/C9H11N5O/c1-6-7(5-12-13-6)4-10-9(15)8-2-3-11-14-8/h2-3,5H,4H2,1H3,(H,10,15)(H,11,14)(H,12,13). The van der Waals surface area contributed by atoms with Crippen molar-refractivity contribution in [3.63, 3.8) is 0 Å². The molecule has 2 heterocycles. The molecule has 0 aliphatic rings. The van der Waals surface area contributed by atoms with Crippen LogP contribution in [0.4, 0.5) is 0 Å². The summed E-state index contributed by atoms with van der Waals surface area (Å²) in [5.74, 6) is -0.173. The highest BCUT2D eigenvalue weighted by molar-refractivity contribution is 5.91. The van der Waals surface area contributed by atoms with E-state index in [2.05, 4.69) is 25.7 Å². The SMILES string of the molecule is Cc1[nH]ncc1CNC(=O)c1ccn[nH]1. The van der Waals surface area contributed by atoms with Crippen molar-refractivity contribution in [1.82, 2.24) is 25.7 Å². The highest BCUT2D eigenvalue weighted by Gasteiger charge is 2.07. The first-order chi connectivity index (χ1) is 7.27. The predicted octanol–water partition coefficient (Wildman–Crippen LogP) is 0.371. The summed E-state index contributed by atoms with van der Waals surface area (Å²) in [7, 11) is 0. The maximum absolute atomic E-state index is 11.5. The van der Waals surface area contributed by atoms with Crippen molar-refractivity contribution < 1.29 is 4.79 Å². The van der Waals surface area contributed by atoms with Crippen LogP contribution >= 0.6 is 0 Å². The molecule has 0 aliphatic carbocycles. The molecule has 2 rings (SSSR count). The molecular formula is C9H11N5O. The van der Waals surface area contributed by atoms with Crippen LogP contribution in [0.1, 0.15) is 21.7 Å². The van der Waals surface area contributed by atoms with Gasteiger partial charge in [0.25, 0.3) is 5.91 Å². The quantitative estimate of drug-likeness (QED) is 0.676. The molecule has 15 heavy (non-hydrogen) atoms. The van der Waals surface area contributed by atoms with E-state index in [1.807, 2.05) is 6.92 Å². The molecule has 0 spiro atoms. The molecule has 0 aromatic carbocycles. The predicted molar refractivity (Wildman–Crippen MR) is 53.1 cm³/mol. The second-order valence-corrected chi connectivity index (χ2v) is 3.17. The van der Waals surface area contributed by atoms with Crippen LogP contribution in [-0.2, 0) is 6.54 Å². The van der Waals surface area contributed by atoms with Crippen molar-refractivity contribution in [2.24, 2.45) is 0 Å². The summed E-state index contributed by atoms with van der Waals surface area (Å²) in [5.41, 5.74) is 2.39. The number of aromatic amines is 2. The van der Waals surface area contributed by atoms with E-state index in [-0.39, 0.29) is 5.91 Å². The smallest absolute Gasteiger partial charge is 0.269 e. The van der Waals surface area contributed by atoms with Crippen LogP contribution in [0.15, 0.2) is 18.5 Å². The molecule has 2 aromatic heterocycles. The average Bonchev–Trinajstić information content (AvgIpc) is 2.85. The number of hydrogen-bond donors (Lipinski definition) is 3. The van der Waals surface area contributed by atoms with E-state index in [9.17, 15) is 4.79 Å². The van der Waals surface area contributed by atoms with Gasteiger partial charge in [0.05, 0.1) is 6.20 Å². The Labute approximate surface area is 86.1 Å². The number of nitrogens with one attached hydrogen (secondary N) is 3. The molecule has 2 aromatic rings. The topological polar surface area (TPSA) is 86.5 Å². The number of amides is 1. The van der Waals surface area contributed by atoms with E-state index in [1.54, 1.807) is 12.3 Å². The van der Waals surface area contributed by atoms with Crippen LogP contribution in [0.3, 0.4) is 0 Å². The average molecular weight is 205 g/mol. The lowest BCUT2D eigenvalue weighted by Crippen LogP contribution is -2.23. The summed E-state index contributed by atoms with van der Waals surface area (Å²) < 4.78 is 0. The molecule has 6 heteroatoms. The van der Waals surface area contributed by atoms with E-state index in [1.165, 1.54) is 6.20 Å². The molecular weight excluding hydrogens is 194 g/mol. The number of rotatable bonds is 3. The first-order valence-electron chi connectivity index (χ1n) is 4.54. The van der Waals surface area contributed by atoms with Gasteiger partial charge in [-0.05, 0) is 13.0 Å². The minimum atomic E-state index is -0.173. The Kier molecular flexibility index (Phi) is 2.49. The Morgan fingerprint density at radius 1 is 1.47 bits per heavy atom. The highest BCUT2D eigenvalue weighted by atomic mass is 16.1. The molecule has 0 atom stereocenters. The fourth-order valence-corrected chi connectivity index (χ4v) is 1.21. The fourth-order valence-electron chi connectivity index (χ4n) is 1.21. The molecule has 0 fully saturated rings. The number of aryl methyl sites for hydroxylation is 1. The number of hydrogen-bond acceptors (Lipinski definition) is 3. The Bertz CT molecular complexity index is 445. The zero-order chi connectivity index (χ0) is 10.7. The second-order valence-electron chi connectivity index (χ2n) is 3.17. The van der Waals surface area contributed by atoms with Crippen molar-refractivity contribution in [2.75, 3.05) is 0 Å². The van der Waals surface area contributed by atoms with E-state index < -0.39 is 0 Å². The van der Waals surface area contributed by atoms with Crippen molar-refractivity contribution in [2.45, 2.75) is 13.5 Å². The fraction of sp³-hybridized carbons (Fsp3) is 0.222. The number of H-pyrrole nitrogens is 2. The maximum Gasteiger partial charge on any atom is 0.269 e. The van der Waals surface area contributed by atoms with E-state index >= 15 is 0 Å². The first kappa shape index (κ1) is 9.45. The molecule has 0 aliphatic heterocycles. The van der Waals surface area contributed by atoms with Gasteiger partial charge in [-0.15, -0.1) is 0 Å². The van der Waals surface area contributed by atoms with Crippen LogP contribution in [0.2, 0.25) is 0 Å². The molecule has 78 valence electrons. The monoisotopic (exact) mass is 205 g/mol. The van der Waals surface area contributed by atoms with Crippen LogP contribution in [0, 0.1) is 6.92 Å². The van der Waals surface area contributed by atoms with Gasteiger partial charge < -0.3 is 5.32 Å². The third-order valence-corrected chi connectivity index (χ3v) is 2.12. The van der Waals surface area contributed by atoms with E-state index in [0.717, 1.165) is 11.3 Å². The van der Waals surface area contributed by atoms with Gasteiger partial charge in [0, 0.05) is 24.0 Å². The summed E-state index contributed by atoms with van der Waals surface area (Å²) in [4.78, 5) is 11.5. The molecule has 0 saturated heterocycles. The lowest BCUT2D eigenvalue weighted by Gasteiger charge is -2.01. The summed E-state index contributed by atoms with van der Waals surface area (Å²) in [6, 6.07) is 1.62. The van der Waals surface area contributed by atoms with Crippen molar-refractivity contribution in [3.05, 3.63) is 35.4 Å². The van der Waals surface area contributed by atoms with Crippen molar-refractivity contribution >= 4 is 5.91 Å². The second kappa shape index (κ2) is 3.95. The van der Waals surface area contributed by atoms with Gasteiger partial charge in [0.1, 0.15) is 5.69 Å². The molecule has 6 nitrogen and oxygen atoms in total. The lowest BCUT2D eigenvalue weighted by atomic mass is 10.2. The van der Waals surface area contributed by atoms with Gasteiger partial charge in [0.15, 0.2) is 0 Å². The highest BCUT2D eigenvalue weighted by Crippen LogP contribution is 2.02. The third-order valence-electron chi connectivity index (χ3n) is 2.12. The van der Waals surface area contributed by atoms with Gasteiger partial charge >= 0.3 is 0 Å². The summed E-state index contributed by atoms with van der Waals surface area (Å²) in [6.07, 6.45) is 3.24. The first-order valence-corrected chi connectivity index (χ1v) is 4.54. The molecule has 0 bridgehead atoms. The van der Waals surface area contributed by atoms with Crippen molar-refractivity contribution in [3.8, 4) is 0 Å². The van der Waals surface area contributed by atoms with Gasteiger partial charge in [-0.25, -0.2) is 0 Å². The summed E-state index contributed by atoms with van der Waals surface area (Å²) >= 11 is 0. The van der Waals surface area contributed by atoms with Crippen molar-refractivity contribution in [1.29, 1.82) is 0 Å². The van der Waals surface area contributed by atoms with Crippen LogP contribution in [-0.4, -0.2) is 26.3 Å². The molecule has 0 unspecified atom stereocenters. The number of aromatic nitrogens is 4. The van der Waals surface area contributed by atoms with Crippen LogP contribution < -0.4 is 5.32 Å². The number of nitrogens with zero attached hydrogens (tertiary/aromatic N) is 2. The van der Waals surface area contributed by atoms with Gasteiger partial charge in [-0.2, -0.15) is 10.2 Å². The molecule has 3 N–H and O–H groups in total. The van der Waals surface area contributed by atoms with Crippen LogP contribution in [0.25, 0.3) is 0 Å². The zero-order valence-corrected chi connectivity index (χ0v) is 8.24. The van der Waals surface area contributed by atoms with E-state index in [4.69, 9.17) is 0 Å². The maximum atomic E-state index is 11.5. The largest absolute Gasteiger partial charge is 0.347 e. The molecule has 0 saturated carbocycles. The Morgan fingerprint density at radius 3 is 2.93 bits per heavy atom. The van der Waals surface area contributed by atoms with Gasteiger partial charge in [-0.3, -0.25) is 15.0 Å². The Balaban J connectivity index is 1.95.